The Bertz CT molecular complexity index is 1690. The number of ketones is 1. The molecule has 4 aromatic rings. The van der Waals surface area contributed by atoms with Crippen molar-refractivity contribution in [1.82, 2.24) is 4.90 Å². The first-order valence-corrected chi connectivity index (χ1v) is 17.6. The van der Waals surface area contributed by atoms with Crippen LogP contribution in [0.3, 0.4) is 0 Å². The number of hydrogen-bond acceptors (Lipinski definition) is 7. The third-order valence-corrected chi connectivity index (χ3v) is 10.1. The van der Waals surface area contributed by atoms with Crippen LogP contribution in [0.4, 0.5) is 0 Å². The van der Waals surface area contributed by atoms with Crippen molar-refractivity contribution in [2.45, 2.75) is 69.0 Å². The molecule has 7 nitrogen and oxygen atoms in total. The summed E-state index contributed by atoms with van der Waals surface area (Å²) in [6.07, 6.45) is 3.12. The summed E-state index contributed by atoms with van der Waals surface area (Å²) in [5, 5.41) is 0. The standard InChI is InChI=1S/C39H43NO6S/c1-29-16-22-35(23-17-29)47(43,44)46-38(42)39(2,3)33-20-18-30(19-21-33)36(41)15-10-26-40-27-24-34(25-28-40)45-37(31-11-6-4-7-12-31)32-13-8-5-9-14-32/h4-9,11-14,16-23,34,37H,10,15,24-28H2,1-3H3. The minimum absolute atomic E-state index is 0.0330. The van der Waals surface area contributed by atoms with Crippen LogP contribution in [0.1, 0.15) is 78.2 Å². The lowest BCUT2D eigenvalue weighted by atomic mass is 9.84. The van der Waals surface area contributed by atoms with Crippen molar-refractivity contribution in [3.63, 3.8) is 0 Å². The highest BCUT2D eigenvalue weighted by Crippen LogP contribution is 2.31. The van der Waals surface area contributed by atoms with Crippen LogP contribution >= 0.6 is 0 Å². The Hall–Kier alpha value is -4.11. The van der Waals surface area contributed by atoms with Gasteiger partial charge in [0.05, 0.1) is 11.5 Å². The van der Waals surface area contributed by atoms with Crippen LogP contribution in [0, 0.1) is 6.92 Å². The average Bonchev–Trinajstić information content (AvgIpc) is 3.08. The fourth-order valence-corrected chi connectivity index (χ4v) is 6.79. The summed E-state index contributed by atoms with van der Waals surface area (Å²) in [5.74, 6) is -0.854. The molecule has 1 fully saturated rings. The van der Waals surface area contributed by atoms with E-state index in [9.17, 15) is 18.0 Å². The van der Waals surface area contributed by atoms with E-state index in [0.717, 1.165) is 55.6 Å². The first-order chi connectivity index (χ1) is 22.5. The van der Waals surface area contributed by atoms with Crippen molar-refractivity contribution >= 4 is 21.9 Å². The summed E-state index contributed by atoms with van der Waals surface area (Å²) in [6, 6.07) is 33.6. The number of likely N-dealkylation sites (tertiary alicyclic amines) is 1. The molecule has 47 heavy (non-hydrogen) atoms. The van der Waals surface area contributed by atoms with Crippen molar-refractivity contribution in [2.24, 2.45) is 0 Å². The van der Waals surface area contributed by atoms with E-state index in [4.69, 9.17) is 8.92 Å². The molecule has 8 heteroatoms. The van der Waals surface area contributed by atoms with Crippen LogP contribution in [0.25, 0.3) is 0 Å². The molecular weight excluding hydrogens is 610 g/mol. The molecule has 0 amide bonds. The van der Waals surface area contributed by atoms with Gasteiger partial charge in [0, 0.05) is 25.1 Å². The number of carbonyl (C=O) groups excluding carboxylic acids is 2. The normalized spacial score (nSPS) is 14.6. The lowest BCUT2D eigenvalue weighted by molar-refractivity contribution is -0.139. The molecule has 1 heterocycles. The van der Waals surface area contributed by atoms with Gasteiger partial charge in [-0.25, -0.2) is 4.79 Å². The molecular formula is C39H43NO6S. The zero-order valence-electron chi connectivity index (χ0n) is 27.3. The summed E-state index contributed by atoms with van der Waals surface area (Å²) >= 11 is 0. The Morgan fingerprint density at radius 1 is 0.809 bits per heavy atom. The Labute approximate surface area is 278 Å². The van der Waals surface area contributed by atoms with Crippen LogP contribution in [-0.4, -0.2) is 50.8 Å². The highest BCUT2D eigenvalue weighted by atomic mass is 32.2. The molecule has 1 saturated heterocycles. The summed E-state index contributed by atoms with van der Waals surface area (Å²) < 4.78 is 37.0. The summed E-state index contributed by atoms with van der Waals surface area (Å²) in [7, 11) is -4.26. The second kappa shape index (κ2) is 15.2. The minimum Gasteiger partial charge on any atom is -0.365 e. The van der Waals surface area contributed by atoms with Gasteiger partial charge in [0.15, 0.2) is 5.78 Å². The van der Waals surface area contributed by atoms with E-state index in [2.05, 4.69) is 29.2 Å². The van der Waals surface area contributed by atoms with Gasteiger partial charge in [-0.05, 0) is 75.4 Å². The largest absolute Gasteiger partial charge is 0.365 e. The van der Waals surface area contributed by atoms with Gasteiger partial charge in [0.1, 0.15) is 11.0 Å². The fourth-order valence-electron chi connectivity index (χ4n) is 5.82. The molecule has 0 atom stereocenters. The van der Waals surface area contributed by atoms with Crippen molar-refractivity contribution in [1.29, 1.82) is 0 Å². The Morgan fingerprint density at radius 2 is 1.36 bits per heavy atom. The lowest BCUT2D eigenvalue weighted by Crippen LogP contribution is -2.38. The van der Waals surface area contributed by atoms with Crippen LogP contribution in [0.2, 0.25) is 0 Å². The second-order valence-electron chi connectivity index (χ2n) is 12.7. The quantitative estimate of drug-likeness (QED) is 0.109. The highest BCUT2D eigenvalue weighted by Gasteiger charge is 2.35. The maximum atomic E-state index is 13.0. The Balaban J connectivity index is 1.08. The van der Waals surface area contributed by atoms with Gasteiger partial charge in [-0.15, -0.1) is 0 Å². The smallest absolute Gasteiger partial charge is 0.341 e. The molecule has 0 bridgehead atoms. The predicted molar refractivity (Wildman–Crippen MR) is 183 cm³/mol. The van der Waals surface area contributed by atoms with Crippen LogP contribution in [-0.2, 0) is 29.2 Å². The maximum Gasteiger partial charge on any atom is 0.341 e. The molecule has 246 valence electrons. The number of aryl methyl sites for hydroxylation is 1. The third kappa shape index (κ3) is 8.83. The fraction of sp³-hybridized carbons (Fsp3) is 0.333. The molecule has 0 radical (unpaired) electrons. The molecule has 0 N–H and O–H groups in total. The number of ether oxygens (including phenoxy) is 1. The van der Waals surface area contributed by atoms with Crippen molar-refractivity contribution in [3.8, 4) is 0 Å². The van der Waals surface area contributed by atoms with E-state index in [0.29, 0.717) is 17.5 Å². The summed E-state index contributed by atoms with van der Waals surface area (Å²) in [5.41, 5.74) is 3.09. The van der Waals surface area contributed by atoms with E-state index >= 15 is 0 Å². The van der Waals surface area contributed by atoms with E-state index in [1.165, 1.54) is 12.1 Å². The Kier molecular flexibility index (Phi) is 11.1. The van der Waals surface area contributed by atoms with Gasteiger partial charge in [-0.2, -0.15) is 8.42 Å². The minimum atomic E-state index is -4.26. The molecule has 1 aliphatic rings. The molecule has 0 spiro atoms. The van der Waals surface area contributed by atoms with Crippen LogP contribution in [0.15, 0.2) is 114 Å². The van der Waals surface area contributed by atoms with Crippen molar-refractivity contribution < 1.29 is 26.9 Å². The van der Waals surface area contributed by atoms with Gasteiger partial charge in [-0.3, -0.25) is 4.79 Å². The SMILES string of the molecule is Cc1ccc(S(=O)(=O)OC(=O)C(C)(C)c2ccc(C(=O)CCCN3CCC(OC(c4ccccc4)c4ccccc4)CC3)cc2)cc1. The van der Waals surface area contributed by atoms with Gasteiger partial charge in [0.2, 0.25) is 0 Å². The molecule has 5 rings (SSSR count). The van der Waals surface area contributed by atoms with Gasteiger partial charge < -0.3 is 13.8 Å². The van der Waals surface area contributed by atoms with Crippen LogP contribution in [0.5, 0.6) is 0 Å². The summed E-state index contributed by atoms with van der Waals surface area (Å²) in [4.78, 5) is 28.3. The second-order valence-corrected chi connectivity index (χ2v) is 14.3. The molecule has 0 aromatic heterocycles. The predicted octanol–water partition coefficient (Wildman–Crippen LogP) is 7.44. The summed E-state index contributed by atoms with van der Waals surface area (Å²) in [6.45, 7) is 7.74. The third-order valence-electron chi connectivity index (χ3n) is 8.88. The van der Waals surface area contributed by atoms with E-state index < -0.39 is 21.5 Å². The number of nitrogens with zero attached hydrogens (tertiary/aromatic N) is 1. The lowest BCUT2D eigenvalue weighted by Gasteiger charge is -2.34. The van der Waals surface area contributed by atoms with Crippen LogP contribution < -0.4 is 0 Å². The number of Topliss-reactive ketones (excluding diaryl/α,β-unsaturated/α-hetero) is 1. The maximum absolute atomic E-state index is 13.0. The molecule has 1 aliphatic heterocycles. The van der Waals surface area contributed by atoms with E-state index in [1.54, 1.807) is 50.2 Å². The Morgan fingerprint density at radius 3 is 1.91 bits per heavy atom. The van der Waals surface area contributed by atoms with E-state index in [1.807, 2.05) is 43.3 Å². The topological polar surface area (TPSA) is 90.0 Å². The average molecular weight is 654 g/mol. The number of hydrogen-bond donors (Lipinski definition) is 0. The molecule has 0 saturated carbocycles. The molecule has 0 unspecified atom stereocenters. The van der Waals surface area contributed by atoms with E-state index in [-0.39, 0.29) is 22.9 Å². The monoisotopic (exact) mass is 653 g/mol. The van der Waals surface area contributed by atoms with Gasteiger partial charge >= 0.3 is 16.1 Å². The first-order valence-electron chi connectivity index (χ1n) is 16.2. The zero-order chi connectivity index (χ0) is 33.4. The van der Waals surface area contributed by atoms with Gasteiger partial charge in [-0.1, -0.05) is 103 Å². The number of rotatable bonds is 13. The first kappa shape index (κ1) is 34.2. The number of carbonyl (C=O) groups is 2. The van der Waals surface area contributed by atoms with Crippen molar-refractivity contribution in [3.05, 3.63) is 137 Å². The number of piperidine rings is 1. The zero-order valence-corrected chi connectivity index (χ0v) is 28.1. The molecule has 4 aromatic carbocycles. The highest BCUT2D eigenvalue weighted by molar-refractivity contribution is 7.87. The van der Waals surface area contributed by atoms with Crippen molar-refractivity contribution in [2.75, 3.05) is 19.6 Å². The number of benzene rings is 4. The van der Waals surface area contributed by atoms with Gasteiger partial charge in [0.25, 0.3) is 0 Å². The molecule has 0 aliphatic carbocycles.